The summed E-state index contributed by atoms with van der Waals surface area (Å²) in [6, 6.07) is 15.2. The number of aromatic nitrogens is 2. The molecular formula is C25H31ClN4O4. The minimum absolute atomic E-state index is 0.0963. The fraction of sp³-hybridized carbons (Fsp3) is 0.440. The van der Waals surface area contributed by atoms with Crippen LogP contribution in [0.1, 0.15) is 24.5 Å². The van der Waals surface area contributed by atoms with Gasteiger partial charge in [-0.15, -0.1) is 0 Å². The Morgan fingerprint density at radius 3 is 2.38 bits per heavy atom. The maximum absolute atomic E-state index is 10.4. The summed E-state index contributed by atoms with van der Waals surface area (Å²) >= 11 is 5.94. The van der Waals surface area contributed by atoms with Crippen molar-refractivity contribution in [3.05, 3.63) is 65.0 Å². The van der Waals surface area contributed by atoms with Gasteiger partial charge in [0.2, 0.25) is 11.7 Å². The molecule has 2 unspecified atom stereocenters. The van der Waals surface area contributed by atoms with Gasteiger partial charge in [-0.3, -0.25) is 9.80 Å². The van der Waals surface area contributed by atoms with Crippen LogP contribution in [0.5, 0.6) is 5.75 Å². The fourth-order valence-corrected chi connectivity index (χ4v) is 4.06. The smallest absolute Gasteiger partial charge is 0.241 e. The predicted molar refractivity (Wildman–Crippen MR) is 130 cm³/mol. The summed E-state index contributed by atoms with van der Waals surface area (Å²) in [6.45, 7) is 6.94. The van der Waals surface area contributed by atoms with Crippen molar-refractivity contribution < 1.29 is 19.1 Å². The van der Waals surface area contributed by atoms with Crippen LogP contribution in [0.25, 0.3) is 11.4 Å². The molecule has 0 radical (unpaired) electrons. The lowest BCUT2D eigenvalue weighted by atomic mass is 10.1. The van der Waals surface area contributed by atoms with E-state index in [0.29, 0.717) is 36.4 Å². The SMILES string of the molecule is COc1ccc(-c2noc(CN3CCN(CC(O)COC(C)c4ccc(Cl)cc4)CC3)n2)cc1. The monoisotopic (exact) mass is 486 g/mol. The molecule has 34 heavy (non-hydrogen) atoms. The largest absolute Gasteiger partial charge is 0.497 e. The summed E-state index contributed by atoms with van der Waals surface area (Å²) < 4.78 is 16.5. The number of β-amino-alcohol motifs (C(OH)–C–C–N with tert-alkyl or cyclic N) is 1. The van der Waals surface area contributed by atoms with Gasteiger partial charge in [0.1, 0.15) is 5.75 Å². The van der Waals surface area contributed by atoms with Crippen molar-refractivity contribution in [1.29, 1.82) is 0 Å². The lowest BCUT2D eigenvalue weighted by Gasteiger charge is -2.35. The Bertz CT molecular complexity index is 1020. The number of hydrogen-bond acceptors (Lipinski definition) is 8. The molecule has 1 aliphatic heterocycles. The van der Waals surface area contributed by atoms with E-state index in [-0.39, 0.29) is 6.10 Å². The van der Waals surface area contributed by atoms with E-state index < -0.39 is 6.10 Å². The Hall–Kier alpha value is -2.49. The summed E-state index contributed by atoms with van der Waals surface area (Å²) in [7, 11) is 1.64. The molecule has 3 aromatic rings. The number of halogens is 1. The first-order valence-corrected chi connectivity index (χ1v) is 11.8. The highest BCUT2D eigenvalue weighted by Crippen LogP contribution is 2.21. The Kier molecular flexibility index (Phi) is 8.53. The lowest BCUT2D eigenvalue weighted by Crippen LogP contribution is -2.48. The molecule has 0 saturated carbocycles. The summed E-state index contributed by atoms with van der Waals surface area (Å²) in [6.07, 6.45) is -0.634. The average Bonchev–Trinajstić information content (AvgIpc) is 3.33. The molecular weight excluding hydrogens is 456 g/mol. The van der Waals surface area contributed by atoms with E-state index in [2.05, 4.69) is 19.9 Å². The van der Waals surface area contributed by atoms with E-state index in [1.165, 1.54) is 0 Å². The van der Waals surface area contributed by atoms with E-state index in [4.69, 9.17) is 25.6 Å². The quantitative estimate of drug-likeness (QED) is 0.465. The standard InChI is InChI=1S/C25H31ClN4O4/c1-18(19-3-7-21(26)8-4-19)33-17-22(31)15-29-11-13-30(14-12-29)16-24-27-25(28-34-24)20-5-9-23(32-2)10-6-20/h3-10,18,22,31H,11-17H2,1-2H3. The van der Waals surface area contributed by atoms with E-state index in [1.54, 1.807) is 7.11 Å². The molecule has 4 rings (SSSR count). The van der Waals surface area contributed by atoms with Gasteiger partial charge in [-0.1, -0.05) is 28.9 Å². The van der Waals surface area contributed by atoms with E-state index in [0.717, 1.165) is 43.1 Å². The molecule has 1 saturated heterocycles. The molecule has 0 aliphatic carbocycles. The highest BCUT2D eigenvalue weighted by atomic mass is 35.5. The third-order valence-electron chi connectivity index (χ3n) is 5.99. The average molecular weight is 487 g/mol. The highest BCUT2D eigenvalue weighted by molar-refractivity contribution is 6.30. The number of rotatable bonds is 10. The molecule has 1 aliphatic rings. The van der Waals surface area contributed by atoms with Crippen LogP contribution < -0.4 is 4.74 Å². The van der Waals surface area contributed by atoms with Crippen LogP contribution in [0.15, 0.2) is 53.1 Å². The zero-order chi connectivity index (χ0) is 23.9. The molecule has 1 N–H and O–H groups in total. The van der Waals surface area contributed by atoms with Gasteiger partial charge in [-0.05, 0) is 48.9 Å². The Labute approximate surface area is 205 Å². The molecule has 0 bridgehead atoms. The topological polar surface area (TPSA) is 84.1 Å². The molecule has 2 heterocycles. The highest BCUT2D eigenvalue weighted by Gasteiger charge is 2.22. The van der Waals surface area contributed by atoms with E-state index in [1.807, 2.05) is 55.5 Å². The third kappa shape index (κ3) is 6.77. The lowest BCUT2D eigenvalue weighted by molar-refractivity contribution is -0.0216. The minimum atomic E-state index is -0.538. The van der Waals surface area contributed by atoms with Crippen molar-refractivity contribution in [2.24, 2.45) is 0 Å². The first kappa shape index (κ1) is 24.6. The maximum atomic E-state index is 10.4. The van der Waals surface area contributed by atoms with Crippen molar-refractivity contribution in [3.8, 4) is 17.1 Å². The normalized spacial score (nSPS) is 16.9. The number of aliphatic hydroxyl groups excluding tert-OH is 1. The van der Waals surface area contributed by atoms with Crippen LogP contribution in [-0.4, -0.2) is 77.6 Å². The van der Waals surface area contributed by atoms with Crippen LogP contribution in [-0.2, 0) is 11.3 Å². The van der Waals surface area contributed by atoms with Gasteiger partial charge in [0, 0.05) is 43.3 Å². The van der Waals surface area contributed by atoms with Crippen LogP contribution in [0, 0.1) is 0 Å². The van der Waals surface area contributed by atoms with Crippen molar-refractivity contribution in [1.82, 2.24) is 19.9 Å². The van der Waals surface area contributed by atoms with E-state index in [9.17, 15) is 5.11 Å². The molecule has 0 spiro atoms. The third-order valence-corrected chi connectivity index (χ3v) is 6.24. The molecule has 182 valence electrons. The second-order valence-corrected chi connectivity index (χ2v) is 8.93. The Morgan fingerprint density at radius 1 is 1.03 bits per heavy atom. The zero-order valence-corrected chi connectivity index (χ0v) is 20.3. The number of aliphatic hydroxyl groups is 1. The number of piperazine rings is 1. The van der Waals surface area contributed by atoms with Crippen molar-refractivity contribution in [2.45, 2.75) is 25.7 Å². The van der Waals surface area contributed by atoms with E-state index >= 15 is 0 Å². The summed E-state index contributed by atoms with van der Waals surface area (Å²) in [5.41, 5.74) is 1.93. The molecule has 8 nitrogen and oxygen atoms in total. The first-order chi connectivity index (χ1) is 16.5. The Morgan fingerprint density at radius 2 is 1.71 bits per heavy atom. The number of benzene rings is 2. The first-order valence-electron chi connectivity index (χ1n) is 11.5. The van der Waals surface area contributed by atoms with Gasteiger partial charge in [-0.25, -0.2) is 0 Å². The van der Waals surface area contributed by atoms with Crippen LogP contribution in [0.2, 0.25) is 5.02 Å². The molecule has 2 atom stereocenters. The second-order valence-electron chi connectivity index (χ2n) is 8.50. The van der Waals surface area contributed by atoms with Gasteiger partial charge in [0.25, 0.3) is 0 Å². The summed E-state index contributed by atoms with van der Waals surface area (Å²) in [4.78, 5) is 9.07. The molecule has 0 amide bonds. The van der Waals surface area contributed by atoms with Crippen LogP contribution >= 0.6 is 11.6 Å². The van der Waals surface area contributed by atoms with Crippen LogP contribution in [0.4, 0.5) is 0 Å². The zero-order valence-electron chi connectivity index (χ0n) is 19.6. The number of methoxy groups -OCH3 is 1. The minimum Gasteiger partial charge on any atom is -0.497 e. The van der Waals surface area contributed by atoms with Gasteiger partial charge >= 0.3 is 0 Å². The number of hydrogen-bond donors (Lipinski definition) is 1. The van der Waals surface area contributed by atoms with Crippen LogP contribution in [0.3, 0.4) is 0 Å². The van der Waals surface area contributed by atoms with Crippen molar-refractivity contribution in [3.63, 3.8) is 0 Å². The molecule has 9 heteroatoms. The second kappa shape index (κ2) is 11.8. The summed E-state index contributed by atoms with van der Waals surface area (Å²) in [5, 5.41) is 15.2. The predicted octanol–water partition coefficient (Wildman–Crippen LogP) is 3.65. The van der Waals surface area contributed by atoms with Gasteiger partial charge in [0.15, 0.2) is 0 Å². The van der Waals surface area contributed by atoms with Crippen molar-refractivity contribution in [2.75, 3.05) is 46.4 Å². The molecule has 2 aromatic carbocycles. The Balaban J connectivity index is 1.18. The molecule has 1 aromatic heterocycles. The van der Waals surface area contributed by atoms with Gasteiger partial charge in [-0.2, -0.15) is 4.98 Å². The van der Waals surface area contributed by atoms with Gasteiger partial charge < -0.3 is 19.1 Å². The fourth-order valence-electron chi connectivity index (χ4n) is 3.93. The summed E-state index contributed by atoms with van der Waals surface area (Å²) in [5.74, 6) is 1.97. The van der Waals surface area contributed by atoms with Crippen molar-refractivity contribution >= 4 is 11.6 Å². The van der Waals surface area contributed by atoms with Gasteiger partial charge in [0.05, 0.1) is 32.5 Å². The number of nitrogens with zero attached hydrogens (tertiary/aromatic N) is 4. The maximum Gasteiger partial charge on any atom is 0.241 e. The number of ether oxygens (including phenoxy) is 2. The molecule has 1 fully saturated rings.